The smallest absolute Gasteiger partial charge is 0.124 e. The van der Waals surface area contributed by atoms with Gasteiger partial charge in [0.05, 0.1) is 13.2 Å². The summed E-state index contributed by atoms with van der Waals surface area (Å²) < 4.78 is 5.37. The minimum atomic E-state index is -0.572. The summed E-state index contributed by atoms with van der Waals surface area (Å²) in [6.07, 6.45) is -0.572. The van der Waals surface area contributed by atoms with Crippen molar-refractivity contribution >= 4 is 0 Å². The highest BCUT2D eigenvalue weighted by Crippen LogP contribution is 2.32. The van der Waals surface area contributed by atoms with Gasteiger partial charge in [-0.3, -0.25) is 0 Å². The Morgan fingerprint density at radius 1 is 1.32 bits per heavy atom. The summed E-state index contributed by atoms with van der Waals surface area (Å²) >= 11 is 0. The van der Waals surface area contributed by atoms with Gasteiger partial charge >= 0.3 is 0 Å². The summed E-state index contributed by atoms with van der Waals surface area (Å²) in [7, 11) is 1.64. The van der Waals surface area contributed by atoms with Crippen LogP contribution in [0.3, 0.4) is 0 Å². The van der Waals surface area contributed by atoms with Crippen LogP contribution in [0.15, 0.2) is 18.2 Å². The van der Waals surface area contributed by atoms with Crippen LogP contribution in [0.5, 0.6) is 5.75 Å². The number of rotatable bonds is 5. The van der Waals surface area contributed by atoms with Crippen molar-refractivity contribution in [3.63, 3.8) is 0 Å². The molecular formula is C16H27NO2. The lowest BCUT2D eigenvalue weighted by atomic mass is 9.85. The number of hydrogen-bond acceptors (Lipinski definition) is 3. The van der Waals surface area contributed by atoms with E-state index in [1.807, 2.05) is 19.9 Å². The van der Waals surface area contributed by atoms with Crippen LogP contribution in [0.1, 0.15) is 51.8 Å². The molecule has 0 bridgehead atoms. The SMILES string of the molecule is CCNC(C)C(O)c1cc(C(C)(C)C)ccc1OC. The number of aliphatic hydroxyl groups excluding tert-OH is 1. The Kier molecular flexibility index (Phi) is 5.39. The molecule has 0 aliphatic carbocycles. The number of methoxy groups -OCH3 is 1. The monoisotopic (exact) mass is 265 g/mol. The average molecular weight is 265 g/mol. The third kappa shape index (κ3) is 3.95. The van der Waals surface area contributed by atoms with Crippen LogP contribution >= 0.6 is 0 Å². The first-order valence-corrected chi connectivity index (χ1v) is 6.91. The molecule has 0 saturated heterocycles. The maximum atomic E-state index is 10.5. The van der Waals surface area contributed by atoms with E-state index in [-0.39, 0.29) is 11.5 Å². The second-order valence-corrected chi connectivity index (χ2v) is 6.00. The molecule has 1 rings (SSSR count). The van der Waals surface area contributed by atoms with Crippen LogP contribution in [-0.4, -0.2) is 24.8 Å². The molecule has 2 atom stereocenters. The third-order valence-corrected chi connectivity index (χ3v) is 3.41. The zero-order valence-electron chi connectivity index (χ0n) is 12.9. The van der Waals surface area contributed by atoms with Crippen molar-refractivity contribution in [1.29, 1.82) is 0 Å². The van der Waals surface area contributed by atoms with Gasteiger partial charge in [0.25, 0.3) is 0 Å². The van der Waals surface area contributed by atoms with Crippen molar-refractivity contribution in [2.75, 3.05) is 13.7 Å². The van der Waals surface area contributed by atoms with Gasteiger partial charge in [-0.2, -0.15) is 0 Å². The summed E-state index contributed by atoms with van der Waals surface area (Å²) in [6, 6.07) is 6.05. The van der Waals surface area contributed by atoms with E-state index in [4.69, 9.17) is 4.74 Å². The van der Waals surface area contributed by atoms with Crippen LogP contribution in [0, 0.1) is 0 Å². The average Bonchev–Trinajstić information content (AvgIpc) is 2.36. The van der Waals surface area contributed by atoms with Gasteiger partial charge in [-0.15, -0.1) is 0 Å². The third-order valence-electron chi connectivity index (χ3n) is 3.41. The molecule has 0 saturated carbocycles. The van der Waals surface area contributed by atoms with Gasteiger partial charge in [0.15, 0.2) is 0 Å². The van der Waals surface area contributed by atoms with Crippen molar-refractivity contribution in [3.8, 4) is 5.75 Å². The molecule has 0 aliphatic rings. The standard InChI is InChI=1S/C16H27NO2/c1-7-17-11(2)15(18)13-10-12(16(3,4)5)8-9-14(13)19-6/h8-11,15,17-18H,7H2,1-6H3. The Bertz CT molecular complexity index is 410. The maximum absolute atomic E-state index is 10.5. The summed E-state index contributed by atoms with van der Waals surface area (Å²) in [5.74, 6) is 0.741. The highest BCUT2D eigenvalue weighted by molar-refractivity contribution is 5.41. The highest BCUT2D eigenvalue weighted by atomic mass is 16.5. The Morgan fingerprint density at radius 2 is 1.95 bits per heavy atom. The summed E-state index contributed by atoms with van der Waals surface area (Å²) in [6.45, 7) is 11.3. The van der Waals surface area contributed by atoms with E-state index in [2.05, 4.69) is 38.2 Å². The van der Waals surface area contributed by atoms with E-state index >= 15 is 0 Å². The van der Waals surface area contributed by atoms with E-state index in [0.717, 1.165) is 17.9 Å². The Morgan fingerprint density at radius 3 is 2.42 bits per heavy atom. The van der Waals surface area contributed by atoms with Gasteiger partial charge in [-0.1, -0.05) is 33.8 Å². The first-order chi connectivity index (χ1) is 8.81. The van der Waals surface area contributed by atoms with E-state index in [9.17, 15) is 5.11 Å². The first-order valence-electron chi connectivity index (χ1n) is 6.91. The van der Waals surface area contributed by atoms with Crippen LogP contribution in [-0.2, 0) is 5.41 Å². The quantitative estimate of drug-likeness (QED) is 0.860. The Balaban J connectivity index is 3.15. The Hall–Kier alpha value is -1.06. The molecule has 2 unspecified atom stereocenters. The summed E-state index contributed by atoms with van der Waals surface area (Å²) in [4.78, 5) is 0. The van der Waals surface area contributed by atoms with Gasteiger partial charge < -0.3 is 15.2 Å². The van der Waals surface area contributed by atoms with Crippen molar-refractivity contribution in [3.05, 3.63) is 29.3 Å². The van der Waals surface area contributed by atoms with E-state index in [1.54, 1.807) is 7.11 Å². The van der Waals surface area contributed by atoms with Gasteiger partial charge in [0.2, 0.25) is 0 Å². The second-order valence-electron chi connectivity index (χ2n) is 6.00. The molecule has 3 nitrogen and oxygen atoms in total. The number of benzene rings is 1. The van der Waals surface area contributed by atoms with Crippen molar-refractivity contribution in [1.82, 2.24) is 5.32 Å². The largest absolute Gasteiger partial charge is 0.496 e. The minimum Gasteiger partial charge on any atom is -0.496 e. The second kappa shape index (κ2) is 6.40. The van der Waals surface area contributed by atoms with Crippen molar-refractivity contribution < 1.29 is 9.84 Å². The van der Waals surface area contributed by atoms with Gasteiger partial charge in [0.1, 0.15) is 5.75 Å². The number of aliphatic hydroxyl groups is 1. The predicted molar refractivity (Wildman–Crippen MR) is 79.8 cm³/mol. The number of hydrogen-bond donors (Lipinski definition) is 2. The fraction of sp³-hybridized carbons (Fsp3) is 0.625. The fourth-order valence-corrected chi connectivity index (χ4v) is 2.13. The molecule has 0 fully saturated rings. The molecule has 19 heavy (non-hydrogen) atoms. The zero-order chi connectivity index (χ0) is 14.6. The van der Waals surface area contributed by atoms with Gasteiger partial charge in [-0.25, -0.2) is 0 Å². The molecule has 0 radical (unpaired) electrons. The zero-order valence-corrected chi connectivity index (χ0v) is 12.9. The molecule has 0 aromatic heterocycles. The molecule has 2 N–H and O–H groups in total. The highest BCUT2D eigenvalue weighted by Gasteiger charge is 2.22. The molecule has 108 valence electrons. The van der Waals surface area contributed by atoms with E-state index in [0.29, 0.717) is 0 Å². The van der Waals surface area contributed by atoms with Gasteiger partial charge in [-0.05, 0) is 36.6 Å². The van der Waals surface area contributed by atoms with Crippen molar-refractivity contribution in [2.45, 2.75) is 52.2 Å². The predicted octanol–water partition coefficient (Wildman–Crippen LogP) is 3.02. The van der Waals surface area contributed by atoms with Crippen LogP contribution in [0.25, 0.3) is 0 Å². The topological polar surface area (TPSA) is 41.5 Å². The molecule has 3 heteroatoms. The van der Waals surface area contributed by atoms with Crippen LogP contribution in [0.2, 0.25) is 0 Å². The number of ether oxygens (including phenoxy) is 1. The normalized spacial score (nSPS) is 15.1. The lowest BCUT2D eigenvalue weighted by Crippen LogP contribution is -2.32. The fourth-order valence-electron chi connectivity index (χ4n) is 2.13. The summed E-state index contributed by atoms with van der Waals surface area (Å²) in [5.41, 5.74) is 2.11. The molecule has 0 amide bonds. The minimum absolute atomic E-state index is 0.00545. The molecule has 0 heterocycles. The number of likely N-dealkylation sites (N-methyl/N-ethyl adjacent to an activating group) is 1. The van der Waals surface area contributed by atoms with Crippen molar-refractivity contribution in [2.24, 2.45) is 0 Å². The van der Waals surface area contributed by atoms with Crippen LogP contribution < -0.4 is 10.1 Å². The summed E-state index contributed by atoms with van der Waals surface area (Å²) in [5, 5.41) is 13.7. The van der Waals surface area contributed by atoms with E-state index in [1.165, 1.54) is 5.56 Å². The number of nitrogens with one attached hydrogen (secondary N) is 1. The maximum Gasteiger partial charge on any atom is 0.124 e. The lowest BCUT2D eigenvalue weighted by Gasteiger charge is -2.25. The molecule has 1 aromatic carbocycles. The van der Waals surface area contributed by atoms with Crippen LogP contribution in [0.4, 0.5) is 0 Å². The molecule has 1 aromatic rings. The Labute approximate surface area is 117 Å². The lowest BCUT2D eigenvalue weighted by molar-refractivity contribution is 0.133. The van der Waals surface area contributed by atoms with E-state index < -0.39 is 6.10 Å². The molecular weight excluding hydrogens is 238 g/mol. The first kappa shape index (κ1) is 16.0. The molecule has 0 aliphatic heterocycles. The van der Waals surface area contributed by atoms with Gasteiger partial charge in [0, 0.05) is 11.6 Å². The molecule has 0 spiro atoms.